The normalized spacial score (nSPS) is 11.7. The third kappa shape index (κ3) is 6.19. The number of amides is 2. The summed E-state index contributed by atoms with van der Waals surface area (Å²) in [6, 6.07) is 13.1. The number of rotatable bonds is 9. The molecule has 4 nitrogen and oxygen atoms in total. The molecule has 150 valence electrons. The van der Waals surface area contributed by atoms with E-state index in [1.165, 1.54) is 12.1 Å². The summed E-state index contributed by atoms with van der Waals surface area (Å²) in [5.74, 6) is -0.627. The first-order valence-electron chi connectivity index (χ1n) is 9.78. The van der Waals surface area contributed by atoms with Gasteiger partial charge in [0.05, 0.1) is 6.42 Å². The molecule has 1 unspecified atom stereocenters. The summed E-state index contributed by atoms with van der Waals surface area (Å²) in [7, 11) is 0. The number of carbonyl (C=O) groups excluding carboxylic acids is 2. The highest BCUT2D eigenvalue weighted by atomic mass is 19.1. The number of aryl methyl sites for hydroxylation is 1. The van der Waals surface area contributed by atoms with Crippen molar-refractivity contribution in [3.63, 3.8) is 0 Å². The highest BCUT2D eigenvalue weighted by molar-refractivity contribution is 5.88. The van der Waals surface area contributed by atoms with Gasteiger partial charge in [-0.2, -0.15) is 0 Å². The molecule has 5 heteroatoms. The Morgan fingerprint density at radius 2 is 1.79 bits per heavy atom. The molecule has 0 radical (unpaired) electrons. The lowest BCUT2D eigenvalue weighted by Gasteiger charge is -2.29. The average molecular weight is 384 g/mol. The minimum atomic E-state index is -0.613. The van der Waals surface area contributed by atoms with E-state index in [1.807, 2.05) is 31.2 Å². The Hall–Kier alpha value is -2.69. The molecular formula is C23H29FN2O2. The lowest BCUT2D eigenvalue weighted by Crippen LogP contribution is -2.48. The van der Waals surface area contributed by atoms with Crippen molar-refractivity contribution >= 4 is 11.8 Å². The van der Waals surface area contributed by atoms with E-state index >= 15 is 0 Å². The van der Waals surface area contributed by atoms with Crippen LogP contribution in [0.15, 0.2) is 48.5 Å². The molecule has 0 aromatic heterocycles. The summed E-state index contributed by atoms with van der Waals surface area (Å²) in [4.78, 5) is 27.2. The molecule has 0 heterocycles. The second-order valence-electron chi connectivity index (χ2n) is 7.07. The predicted molar refractivity (Wildman–Crippen MR) is 109 cm³/mol. The Morgan fingerprint density at radius 1 is 1.11 bits per heavy atom. The van der Waals surface area contributed by atoms with Crippen LogP contribution in [0.25, 0.3) is 0 Å². The summed E-state index contributed by atoms with van der Waals surface area (Å²) in [5, 5.41) is 2.90. The van der Waals surface area contributed by atoms with E-state index in [0.717, 1.165) is 29.5 Å². The average Bonchev–Trinajstić information content (AvgIpc) is 2.68. The molecule has 2 amide bonds. The second-order valence-corrected chi connectivity index (χ2v) is 7.07. The maximum atomic E-state index is 13.2. The van der Waals surface area contributed by atoms with E-state index in [-0.39, 0.29) is 30.6 Å². The van der Waals surface area contributed by atoms with Crippen LogP contribution < -0.4 is 5.32 Å². The number of carbonyl (C=O) groups is 2. The predicted octanol–water partition coefficient (Wildman–Crippen LogP) is 4.01. The molecule has 28 heavy (non-hydrogen) atoms. The van der Waals surface area contributed by atoms with Crippen LogP contribution in [0.2, 0.25) is 0 Å². The summed E-state index contributed by atoms with van der Waals surface area (Å²) < 4.78 is 13.2. The number of hydrogen-bond donors (Lipinski definition) is 1. The Balaban J connectivity index is 2.18. The van der Waals surface area contributed by atoms with Gasteiger partial charge in [0.1, 0.15) is 11.9 Å². The van der Waals surface area contributed by atoms with E-state index in [0.29, 0.717) is 6.54 Å². The van der Waals surface area contributed by atoms with Crippen molar-refractivity contribution < 1.29 is 14.0 Å². The lowest BCUT2D eigenvalue weighted by molar-refractivity contribution is -0.140. The van der Waals surface area contributed by atoms with Gasteiger partial charge in [0, 0.05) is 13.1 Å². The smallest absolute Gasteiger partial charge is 0.242 e. The van der Waals surface area contributed by atoms with E-state index in [2.05, 4.69) is 12.2 Å². The zero-order valence-electron chi connectivity index (χ0n) is 16.9. The zero-order valence-corrected chi connectivity index (χ0v) is 16.9. The maximum absolute atomic E-state index is 13.2. The van der Waals surface area contributed by atoms with E-state index in [9.17, 15) is 14.0 Å². The van der Waals surface area contributed by atoms with Gasteiger partial charge in [-0.25, -0.2) is 4.39 Å². The van der Waals surface area contributed by atoms with Gasteiger partial charge < -0.3 is 10.2 Å². The van der Waals surface area contributed by atoms with Crippen molar-refractivity contribution in [2.24, 2.45) is 0 Å². The Labute approximate surface area is 166 Å². The number of nitrogens with zero attached hydrogens (tertiary/aromatic N) is 1. The molecule has 0 aliphatic carbocycles. The first kappa shape index (κ1) is 21.6. The van der Waals surface area contributed by atoms with Crippen molar-refractivity contribution in [1.82, 2.24) is 10.2 Å². The van der Waals surface area contributed by atoms with Crippen molar-refractivity contribution in [2.45, 2.75) is 52.6 Å². The number of hydrogen-bond acceptors (Lipinski definition) is 2. The van der Waals surface area contributed by atoms with Crippen LogP contribution in [0.1, 0.15) is 43.4 Å². The van der Waals surface area contributed by atoms with Crippen LogP contribution in [0.5, 0.6) is 0 Å². The molecule has 1 atom stereocenters. The molecule has 0 aliphatic rings. The van der Waals surface area contributed by atoms with Gasteiger partial charge in [0.2, 0.25) is 11.8 Å². The fraction of sp³-hybridized carbons (Fsp3) is 0.391. The molecule has 0 aliphatic heterocycles. The van der Waals surface area contributed by atoms with E-state index in [4.69, 9.17) is 0 Å². The minimum absolute atomic E-state index is 0.128. The molecule has 0 bridgehead atoms. The summed E-state index contributed by atoms with van der Waals surface area (Å²) in [6.45, 7) is 6.61. The van der Waals surface area contributed by atoms with E-state index < -0.39 is 6.04 Å². The molecular weight excluding hydrogens is 355 g/mol. The minimum Gasteiger partial charge on any atom is -0.354 e. The summed E-state index contributed by atoms with van der Waals surface area (Å²) in [5.41, 5.74) is 2.76. The van der Waals surface area contributed by atoms with Gasteiger partial charge >= 0.3 is 0 Å². The van der Waals surface area contributed by atoms with Crippen LogP contribution in [-0.4, -0.2) is 29.3 Å². The van der Waals surface area contributed by atoms with Crippen LogP contribution >= 0.6 is 0 Å². The number of benzene rings is 2. The standard InChI is InChI=1S/C23H29FN2O2/c1-4-5-14-25-23(28)18(3)26(16-19-10-12-21(24)13-11-19)22(27)15-20-9-7-6-8-17(20)2/h6-13,18H,4-5,14-16H2,1-3H3,(H,25,28). The Morgan fingerprint density at radius 3 is 2.43 bits per heavy atom. The van der Waals surface area contributed by atoms with Gasteiger partial charge in [-0.1, -0.05) is 49.7 Å². The fourth-order valence-corrected chi connectivity index (χ4v) is 2.98. The first-order valence-corrected chi connectivity index (χ1v) is 9.78. The van der Waals surface area contributed by atoms with Gasteiger partial charge in [-0.3, -0.25) is 9.59 Å². The van der Waals surface area contributed by atoms with Crippen LogP contribution in [0.3, 0.4) is 0 Å². The Bertz CT molecular complexity index is 789. The third-order valence-electron chi connectivity index (χ3n) is 4.87. The molecule has 0 saturated carbocycles. The number of unbranched alkanes of at least 4 members (excludes halogenated alkanes) is 1. The molecule has 1 N–H and O–H groups in total. The summed E-state index contributed by atoms with van der Waals surface area (Å²) >= 11 is 0. The molecule has 0 saturated heterocycles. The van der Waals surface area contributed by atoms with Gasteiger partial charge in [0.25, 0.3) is 0 Å². The topological polar surface area (TPSA) is 49.4 Å². The van der Waals surface area contributed by atoms with Crippen molar-refractivity contribution in [3.8, 4) is 0 Å². The summed E-state index contributed by atoms with van der Waals surface area (Å²) in [6.07, 6.45) is 2.11. The highest BCUT2D eigenvalue weighted by Gasteiger charge is 2.26. The Kier molecular flexibility index (Phi) is 8.18. The van der Waals surface area contributed by atoms with Crippen LogP contribution in [-0.2, 0) is 22.6 Å². The maximum Gasteiger partial charge on any atom is 0.242 e. The van der Waals surface area contributed by atoms with E-state index in [1.54, 1.807) is 24.0 Å². The van der Waals surface area contributed by atoms with Crippen LogP contribution in [0.4, 0.5) is 4.39 Å². The lowest BCUT2D eigenvalue weighted by atomic mass is 10.0. The molecule has 0 fully saturated rings. The van der Waals surface area contributed by atoms with Crippen molar-refractivity contribution in [3.05, 3.63) is 71.0 Å². The van der Waals surface area contributed by atoms with Gasteiger partial charge in [-0.05, 0) is 49.1 Å². The quantitative estimate of drug-likeness (QED) is 0.664. The first-order chi connectivity index (χ1) is 13.4. The van der Waals surface area contributed by atoms with Gasteiger partial charge in [-0.15, -0.1) is 0 Å². The van der Waals surface area contributed by atoms with Crippen molar-refractivity contribution in [2.75, 3.05) is 6.54 Å². The highest BCUT2D eigenvalue weighted by Crippen LogP contribution is 2.15. The monoisotopic (exact) mass is 384 g/mol. The molecule has 2 aromatic rings. The van der Waals surface area contributed by atoms with Gasteiger partial charge in [0.15, 0.2) is 0 Å². The fourth-order valence-electron chi connectivity index (χ4n) is 2.98. The van der Waals surface area contributed by atoms with Crippen molar-refractivity contribution in [1.29, 1.82) is 0 Å². The number of nitrogens with one attached hydrogen (secondary N) is 1. The molecule has 0 spiro atoms. The molecule has 2 rings (SSSR count). The number of halogens is 1. The SMILES string of the molecule is CCCCNC(=O)C(C)N(Cc1ccc(F)cc1)C(=O)Cc1ccccc1C. The third-order valence-corrected chi connectivity index (χ3v) is 4.87. The molecule has 2 aromatic carbocycles. The van der Waals surface area contributed by atoms with Crippen LogP contribution in [0, 0.1) is 12.7 Å². The second kappa shape index (κ2) is 10.6. The largest absolute Gasteiger partial charge is 0.354 e. The zero-order chi connectivity index (χ0) is 20.5.